The van der Waals surface area contributed by atoms with Crippen molar-refractivity contribution < 1.29 is 8.42 Å². The molecule has 0 aliphatic carbocycles. The van der Waals surface area contributed by atoms with E-state index in [1.54, 1.807) is 47.4 Å². The summed E-state index contributed by atoms with van der Waals surface area (Å²) in [5.41, 5.74) is 2.51. The highest BCUT2D eigenvalue weighted by molar-refractivity contribution is 7.89. The summed E-state index contributed by atoms with van der Waals surface area (Å²) in [7, 11) is -1.67. The van der Waals surface area contributed by atoms with E-state index in [4.69, 9.17) is 0 Å². The molecule has 0 unspecified atom stereocenters. The van der Waals surface area contributed by atoms with Crippen LogP contribution in [0.4, 0.5) is 0 Å². The summed E-state index contributed by atoms with van der Waals surface area (Å²) in [4.78, 5) is 4.60. The van der Waals surface area contributed by atoms with Gasteiger partial charge in [-0.15, -0.1) is 0 Å². The molecule has 3 aromatic rings. The Balaban J connectivity index is 1.69. The van der Waals surface area contributed by atoms with Crippen LogP contribution in [0, 0.1) is 0 Å². The molecule has 0 amide bonds. The second-order valence-electron chi connectivity index (χ2n) is 5.09. The number of nitrogens with one attached hydrogen (secondary N) is 1. The van der Waals surface area contributed by atoms with Crippen LogP contribution >= 0.6 is 0 Å². The molecule has 23 heavy (non-hydrogen) atoms. The third-order valence-corrected chi connectivity index (χ3v) is 4.76. The van der Waals surface area contributed by atoms with Gasteiger partial charge in [-0.3, -0.25) is 9.67 Å². The number of rotatable bonds is 5. The largest absolute Gasteiger partial charge is 0.275 e. The Labute approximate surface area is 134 Å². The molecule has 7 heteroatoms. The molecule has 1 N–H and O–H groups in total. The van der Waals surface area contributed by atoms with Gasteiger partial charge in [-0.25, -0.2) is 13.1 Å². The van der Waals surface area contributed by atoms with Gasteiger partial charge in [-0.2, -0.15) is 5.10 Å². The van der Waals surface area contributed by atoms with Crippen molar-refractivity contribution in [3.8, 4) is 11.3 Å². The monoisotopic (exact) mass is 328 g/mol. The highest BCUT2D eigenvalue weighted by Gasteiger charge is 2.12. The molecule has 6 nitrogen and oxygen atoms in total. The zero-order chi connectivity index (χ0) is 16.3. The molecular formula is C16H16N4O2S. The van der Waals surface area contributed by atoms with Gasteiger partial charge >= 0.3 is 0 Å². The minimum Gasteiger partial charge on any atom is -0.275 e. The van der Waals surface area contributed by atoms with Crippen molar-refractivity contribution in [1.29, 1.82) is 0 Å². The van der Waals surface area contributed by atoms with Gasteiger partial charge in [0.2, 0.25) is 10.0 Å². The maximum atomic E-state index is 12.2. The zero-order valence-electron chi connectivity index (χ0n) is 12.5. The van der Waals surface area contributed by atoms with Crippen molar-refractivity contribution in [2.24, 2.45) is 7.05 Å². The van der Waals surface area contributed by atoms with E-state index in [-0.39, 0.29) is 11.4 Å². The second-order valence-corrected chi connectivity index (χ2v) is 6.86. The first-order chi connectivity index (χ1) is 11.0. The Morgan fingerprint density at radius 2 is 1.87 bits per heavy atom. The van der Waals surface area contributed by atoms with Crippen LogP contribution in [0.3, 0.4) is 0 Å². The zero-order valence-corrected chi connectivity index (χ0v) is 13.4. The maximum absolute atomic E-state index is 12.2. The fraction of sp³-hybridized carbons (Fsp3) is 0.125. The lowest BCUT2D eigenvalue weighted by Crippen LogP contribution is -2.23. The Morgan fingerprint density at radius 3 is 2.48 bits per heavy atom. The molecule has 2 heterocycles. The van der Waals surface area contributed by atoms with Crippen molar-refractivity contribution in [3.63, 3.8) is 0 Å². The van der Waals surface area contributed by atoms with Gasteiger partial charge in [-0.05, 0) is 23.8 Å². The van der Waals surface area contributed by atoms with E-state index in [0.717, 1.165) is 16.8 Å². The molecule has 0 bridgehead atoms. The molecule has 0 saturated heterocycles. The Morgan fingerprint density at radius 1 is 1.09 bits per heavy atom. The van der Waals surface area contributed by atoms with Crippen LogP contribution in [0.1, 0.15) is 5.56 Å². The third-order valence-electron chi connectivity index (χ3n) is 3.35. The number of aromatic nitrogens is 3. The number of benzene rings is 1. The Hall–Kier alpha value is -2.51. The highest BCUT2D eigenvalue weighted by Crippen LogP contribution is 2.16. The average molecular weight is 328 g/mol. The molecule has 118 valence electrons. The summed E-state index contributed by atoms with van der Waals surface area (Å²) in [5, 5.41) is 4.10. The van der Waals surface area contributed by atoms with Crippen LogP contribution in [0.2, 0.25) is 0 Å². The summed E-state index contributed by atoms with van der Waals surface area (Å²) < 4.78 is 28.6. The number of pyridine rings is 1. The lowest BCUT2D eigenvalue weighted by atomic mass is 10.2. The predicted octanol–water partition coefficient (Wildman–Crippen LogP) is 1.96. The SMILES string of the molecule is Cn1cc(-c2ccc(CNS(=O)(=O)c3ccccc3)cn2)cn1. The second kappa shape index (κ2) is 6.31. The highest BCUT2D eigenvalue weighted by atomic mass is 32.2. The van der Waals surface area contributed by atoms with Crippen molar-refractivity contribution >= 4 is 10.0 Å². The molecule has 1 aromatic carbocycles. The first-order valence-corrected chi connectivity index (χ1v) is 8.51. The van der Waals surface area contributed by atoms with Crippen molar-refractivity contribution in [1.82, 2.24) is 19.5 Å². The van der Waals surface area contributed by atoms with Crippen LogP contribution in [0.5, 0.6) is 0 Å². The lowest BCUT2D eigenvalue weighted by molar-refractivity contribution is 0.581. The van der Waals surface area contributed by atoms with E-state index in [1.807, 2.05) is 25.4 Å². The van der Waals surface area contributed by atoms with Crippen LogP contribution in [-0.2, 0) is 23.6 Å². The molecule has 0 spiro atoms. The van der Waals surface area contributed by atoms with Crippen molar-refractivity contribution in [2.45, 2.75) is 11.4 Å². The molecule has 3 rings (SSSR count). The maximum Gasteiger partial charge on any atom is 0.240 e. The van der Waals surface area contributed by atoms with E-state index in [0.29, 0.717) is 0 Å². The summed E-state index contributed by atoms with van der Waals surface area (Å²) >= 11 is 0. The van der Waals surface area contributed by atoms with Crippen molar-refractivity contribution in [2.75, 3.05) is 0 Å². The number of nitrogens with zero attached hydrogens (tertiary/aromatic N) is 3. The van der Waals surface area contributed by atoms with Crippen LogP contribution in [0.25, 0.3) is 11.3 Å². The number of hydrogen-bond acceptors (Lipinski definition) is 4. The molecule has 0 atom stereocenters. The van der Waals surface area contributed by atoms with Gasteiger partial charge < -0.3 is 0 Å². The predicted molar refractivity (Wildman–Crippen MR) is 86.9 cm³/mol. The van der Waals surface area contributed by atoms with Crippen LogP contribution in [-0.4, -0.2) is 23.2 Å². The smallest absolute Gasteiger partial charge is 0.240 e. The first kappa shape index (κ1) is 15.4. The van der Waals surface area contributed by atoms with E-state index < -0.39 is 10.0 Å². The normalized spacial score (nSPS) is 11.5. The summed E-state index contributed by atoms with van der Waals surface area (Å²) in [6.07, 6.45) is 5.27. The summed E-state index contributed by atoms with van der Waals surface area (Å²) in [5.74, 6) is 0. The van der Waals surface area contributed by atoms with E-state index >= 15 is 0 Å². The molecule has 0 radical (unpaired) electrons. The third kappa shape index (κ3) is 3.64. The summed E-state index contributed by atoms with van der Waals surface area (Å²) in [6, 6.07) is 12.0. The quantitative estimate of drug-likeness (QED) is 0.777. The average Bonchev–Trinajstić information content (AvgIpc) is 3.01. The Kier molecular flexibility index (Phi) is 4.22. The van der Waals surface area contributed by atoms with Crippen LogP contribution in [0.15, 0.2) is 66.0 Å². The van der Waals surface area contributed by atoms with Gasteiger partial charge in [0.15, 0.2) is 0 Å². The van der Waals surface area contributed by atoms with Crippen LogP contribution < -0.4 is 4.72 Å². The molecule has 0 saturated carbocycles. The Bertz CT molecular complexity index is 887. The van der Waals surface area contributed by atoms with Gasteiger partial charge in [-0.1, -0.05) is 24.3 Å². The first-order valence-electron chi connectivity index (χ1n) is 7.03. The number of aryl methyl sites for hydroxylation is 1. The van der Waals surface area contributed by atoms with E-state index in [9.17, 15) is 8.42 Å². The fourth-order valence-corrected chi connectivity index (χ4v) is 3.15. The number of hydrogen-bond donors (Lipinski definition) is 1. The molecule has 2 aromatic heterocycles. The number of sulfonamides is 1. The molecule has 0 aliphatic rings. The molecule has 0 aliphatic heterocycles. The fourth-order valence-electron chi connectivity index (χ4n) is 2.11. The minimum absolute atomic E-state index is 0.192. The van der Waals surface area contributed by atoms with Gasteiger partial charge in [0.25, 0.3) is 0 Å². The standard InChI is InChI=1S/C16H16N4O2S/c1-20-12-14(11-18-20)16-8-7-13(9-17-16)10-19-23(21,22)15-5-3-2-4-6-15/h2-9,11-12,19H,10H2,1H3. The van der Waals surface area contributed by atoms with Crippen molar-refractivity contribution in [3.05, 3.63) is 66.6 Å². The topological polar surface area (TPSA) is 76.9 Å². The lowest BCUT2D eigenvalue weighted by Gasteiger charge is -2.07. The molecule has 0 fully saturated rings. The molecular weight excluding hydrogens is 312 g/mol. The minimum atomic E-state index is -3.51. The van der Waals surface area contributed by atoms with Gasteiger partial charge in [0.1, 0.15) is 0 Å². The van der Waals surface area contributed by atoms with E-state index in [2.05, 4.69) is 14.8 Å². The summed E-state index contributed by atoms with van der Waals surface area (Å²) in [6.45, 7) is 0.192. The van der Waals surface area contributed by atoms with Gasteiger partial charge in [0, 0.05) is 31.5 Å². The van der Waals surface area contributed by atoms with E-state index in [1.165, 1.54) is 0 Å². The van der Waals surface area contributed by atoms with Gasteiger partial charge in [0.05, 0.1) is 16.8 Å².